The van der Waals surface area contributed by atoms with E-state index in [1.165, 1.54) is 0 Å². The predicted molar refractivity (Wildman–Crippen MR) is 102 cm³/mol. The number of pyridine rings is 1. The topological polar surface area (TPSA) is 84.2 Å². The van der Waals surface area contributed by atoms with Gasteiger partial charge in [0.2, 0.25) is 0 Å². The van der Waals surface area contributed by atoms with E-state index in [4.69, 9.17) is 0 Å². The summed E-state index contributed by atoms with van der Waals surface area (Å²) in [7, 11) is 0. The highest BCUT2D eigenvalue weighted by molar-refractivity contribution is 6.06. The van der Waals surface area contributed by atoms with Gasteiger partial charge in [-0.3, -0.25) is 4.79 Å². The zero-order valence-electron chi connectivity index (χ0n) is 14.6. The maximum absolute atomic E-state index is 12.5. The number of hydrogen-bond acceptors (Lipinski definition) is 5. The number of hydrogen-bond donors (Lipinski definition) is 2. The molecule has 1 amide bonds. The Morgan fingerprint density at radius 1 is 1.11 bits per heavy atom. The van der Waals surface area contributed by atoms with Crippen LogP contribution in [-0.2, 0) is 6.54 Å². The van der Waals surface area contributed by atoms with Crippen LogP contribution in [0.2, 0.25) is 0 Å². The molecule has 2 N–H and O–H groups in total. The quantitative estimate of drug-likeness (QED) is 0.589. The smallest absolute Gasteiger partial charge is 0.254 e. The normalized spacial score (nSPS) is 12.9. The maximum atomic E-state index is 12.5. The summed E-state index contributed by atoms with van der Waals surface area (Å²) in [6.45, 7) is 2.46. The molecule has 1 aromatic carbocycles. The third-order valence-corrected chi connectivity index (χ3v) is 4.69. The molecule has 3 aromatic heterocycles. The van der Waals surface area contributed by atoms with Gasteiger partial charge in [-0.1, -0.05) is 12.1 Å². The van der Waals surface area contributed by atoms with Crippen LogP contribution in [0.1, 0.15) is 21.5 Å². The number of amides is 1. The van der Waals surface area contributed by atoms with E-state index in [9.17, 15) is 4.79 Å². The number of rotatable bonds is 3. The summed E-state index contributed by atoms with van der Waals surface area (Å²) < 4.78 is 1.78. The van der Waals surface area contributed by atoms with E-state index in [1.54, 1.807) is 23.1 Å². The lowest BCUT2D eigenvalue weighted by atomic mass is 9.99. The molecule has 7 nitrogen and oxygen atoms in total. The minimum absolute atomic E-state index is 0.0942. The number of anilines is 2. The van der Waals surface area contributed by atoms with Crippen molar-refractivity contribution in [2.75, 3.05) is 5.32 Å². The van der Waals surface area contributed by atoms with Crippen molar-refractivity contribution >= 4 is 23.1 Å². The Hall–Kier alpha value is -3.74. The molecule has 0 fully saturated rings. The monoisotopic (exact) mass is 356 g/mol. The van der Waals surface area contributed by atoms with E-state index in [1.807, 2.05) is 43.3 Å². The summed E-state index contributed by atoms with van der Waals surface area (Å²) in [4.78, 5) is 21.3. The van der Waals surface area contributed by atoms with Crippen molar-refractivity contribution in [2.24, 2.45) is 0 Å². The lowest BCUT2D eigenvalue weighted by Gasteiger charge is -2.12. The first-order valence-corrected chi connectivity index (χ1v) is 8.63. The Balaban J connectivity index is 1.63. The molecule has 27 heavy (non-hydrogen) atoms. The van der Waals surface area contributed by atoms with Crippen molar-refractivity contribution in [1.29, 1.82) is 0 Å². The molecule has 1 aliphatic heterocycles. The number of aryl methyl sites for hydroxylation is 1. The van der Waals surface area contributed by atoms with Gasteiger partial charge in [-0.05, 0) is 42.3 Å². The van der Waals surface area contributed by atoms with E-state index in [2.05, 4.69) is 25.7 Å². The third-order valence-electron chi connectivity index (χ3n) is 4.69. The minimum atomic E-state index is -0.0942. The number of carbonyl (C=O) groups is 1. The van der Waals surface area contributed by atoms with Crippen LogP contribution >= 0.6 is 0 Å². The molecule has 0 bridgehead atoms. The largest absolute Gasteiger partial charge is 0.348 e. The van der Waals surface area contributed by atoms with Gasteiger partial charge in [-0.15, -0.1) is 0 Å². The number of imidazole rings is 1. The molecule has 7 heteroatoms. The van der Waals surface area contributed by atoms with Crippen molar-refractivity contribution in [3.8, 4) is 11.3 Å². The van der Waals surface area contributed by atoms with E-state index < -0.39 is 0 Å². The molecule has 0 atom stereocenters. The van der Waals surface area contributed by atoms with E-state index >= 15 is 0 Å². The van der Waals surface area contributed by atoms with Crippen LogP contribution in [0.15, 0.2) is 55.0 Å². The van der Waals surface area contributed by atoms with Gasteiger partial charge < -0.3 is 10.6 Å². The average Bonchev–Trinajstić information content (AvgIpc) is 3.29. The van der Waals surface area contributed by atoms with Crippen molar-refractivity contribution in [3.05, 3.63) is 71.7 Å². The Kier molecular flexibility index (Phi) is 3.39. The molecule has 0 aliphatic carbocycles. The van der Waals surface area contributed by atoms with Crippen molar-refractivity contribution in [1.82, 2.24) is 24.9 Å². The molecule has 0 spiro atoms. The van der Waals surface area contributed by atoms with E-state index in [0.717, 1.165) is 33.7 Å². The Bertz CT molecular complexity index is 1180. The minimum Gasteiger partial charge on any atom is -0.348 e. The fourth-order valence-corrected chi connectivity index (χ4v) is 3.38. The highest BCUT2D eigenvalue weighted by Crippen LogP contribution is 2.35. The summed E-state index contributed by atoms with van der Waals surface area (Å²) >= 11 is 0. The standard InChI is InChI=1S/C20H16N6O/c1-12-4-7-17(21-9-12)25-15-6-5-13(14-10-23-20(27)19(14)15)16-11-22-18-3-2-8-24-26(16)18/h2-9,11H,10H2,1H3,(H,21,25)(H,23,27). The molecular formula is C20H16N6O. The second kappa shape index (κ2) is 5.91. The molecule has 0 radical (unpaired) electrons. The van der Waals surface area contributed by atoms with Gasteiger partial charge in [-0.25, -0.2) is 14.5 Å². The van der Waals surface area contributed by atoms with Crippen LogP contribution in [0.3, 0.4) is 0 Å². The van der Waals surface area contributed by atoms with Gasteiger partial charge in [0.15, 0.2) is 5.65 Å². The second-order valence-corrected chi connectivity index (χ2v) is 6.48. The Morgan fingerprint density at radius 2 is 2.04 bits per heavy atom. The average molecular weight is 356 g/mol. The molecular weight excluding hydrogens is 340 g/mol. The van der Waals surface area contributed by atoms with Crippen LogP contribution in [0.4, 0.5) is 11.5 Å². The van der Waals surface area contributed by atoms with Crippen LogP contribution in [0.5, 0.6) is 0 Å². The van der Waals surface area contributed by atoms with Gasteiger partial charge in [0.1, 0.15) is 5.82 Å². The molecule has 5 rings (SSSR count). The molecule has 132 valence electrons. The summed E-state index contributed by atoms with van der Waals surface area (Å²) in [6.07, 6.45) is 5.30. The van der Waals surface area contributed by atoms with Crippen molar-refractivity contribution < 1.29 is 4.79 Å². The number of benzene rings is 1. The van der Waals surface area contributed by atoms with Gasteiger partial charge in [0.05, 0.1) is 23.1 Å². The second-order valence-electron chi connectivity index (χ2n) is 6.48. The van der Waals surface area contributed by atoms with Crippen LogP contribution in [-0.4, -0.2) is 25.5 Å². The van der Waals surface area contributed by atoms with Gasteiger partial charge in [0, 0.05) is 24.5 Å². The fourth-order valence-electron chi connectivity index (χ4n) is 3.38. The van der Waals surface area contributed by atoms with Gasteiger partial charge in [0.25, 0.3) is 5.91 Å². The third kappa shape index (κ3) is 2.52. The summed E-state index contributed by atoms with van der Waals surface area (Å²) in [6, 6.07) is 11.5. The number of nitrogens with zero attached hydrogens (tertiary/aromatic N) is 4. The van der Waals surface area contributed by atoms with Gasteiger partial charge in [-0.2, -0.15) is 5.10 Å². The van der Waals surface area contributed by atoms with Crippen LogP contribution < -0.4 is 10.6 Å². The SMILES string of the molecule is Cc1ccc(Nc2ccc(-c3cnc4cccnn34)c3c2C(=O)NC3)nc1. The predicted octanol–water partition coefficient (Wildman–Crippen LogP) is 3.09. The Morgan fingerprint density at radius 3 is 2.89 bits per heavy atom. The maximum Gasteiger partial charge on any atom is 0.254 e. The van der Waals surface area contributed by atoms with E-state index in [0.29, 0.717) is 17.9 Å². The molecule has 0 unspecified atom stereocenters. The van der Waals surface area contributed by atoms with Crippen molar-refractivity contribution in [2.45, 2.75) is 13.5 Å². The highest BCUT2D eigenvalue weighted by Gasteiger charge is 2.27. The van der Waals surface area contributed by atoms with Crippen molar-refractivity contribution in [3.63, 3.8) is 0 Å². The molecule has 4 heterocycles. The van der Waals surface area contributed by atoms with Crippen LogP contribution in [0.25, 0.3) is 16.9 Å². The summed E-state index contributed by atoms with van der Waals surface area (Å²) in [5.74, 6) is 0.606. The zero-order valence-corrected chi connectivity index (χ0v) is 14.6. The molecule has 0 saturated heterocycles. The summed E-state index contributed by atoms with van der Waals surface area (Å²) in [5.41, 5.74) is 5.96. The highest BCUT2D eigenvalue weighted by atomic mass is 16.1. The number of fused-ring (bicyclic) bond motifs is 2. The fraction of sp³-hybridized carbons (Fsp3) is 0.100. The number of carbonyl (C=O) groups excluding carboxylic acids is 1. The first-order valence-electron chi connectivity index (χ1n) is 8.63. The molecule has 4 aromatic rings. The number of aromatic nitrogens is 4. The lowest BCUT2D eigenvalue weighted by molar-refractivity contribution is 0.0966. The first-order chi connectivity index (χ1) is 13.2. The summed E-state index contributed by atoms with van der Waals surface area (Å²) in [5, 5.41) is 10.6. The van der Waals surface area contributed by atoms with Crippen LogP contribution in [0, 0.1) is 6.92 Å². The zero-order chi connectivity index (χ0) is 18.4. The number of nitrogens with one attached hydrogen (secondary N) is 2. The van der Waals surface area contributed by atoms with Gasteiger partial charge >= 0.3 is 0 Å². The molecule has 0 saturated carbocycles. The first kappa shape index (κ1) is 15.5. The lowest BCUT2D eigenvalue weighted by Crippen LogP contribution is -2.13. The Labute approximate surface area is 155 Å². The van der Waals surface area contributed by atoms with E-state index in [-0.39, 0.29) is 5.91 Å². The molecule has 1 aliphatic rings.